The summed E-state index contributed by atoms with van der Waals surface area (Å²) in [6.07, 6.45) is 10.5. The highest BCUT2D eigenvalue weighted by Gasteiger charge is 2.41. The number of aryl methyl sites for hydroxylation is 3. The lowest BCUT2D eigenvalue weighted by Crippen LogP contribution is -2.58. The molecule has 0 spiro atoms. The van der Waals surface area contributed by atoms with Gasteiger partial charge in [-0.3, -0.25) is 43.0 Å². The molecule has 3 fully saturated rings. The van der Waals surface area contributed by atoms with E-state index in [0.29, 0.717) is 144 Å². The first kappa shape index (κ1) is 91.1. The molecule has 4 N–H and O–H groups in total. The van der Waals surface area contributed by atoms with E-state index in [1.807, 2.05) is 105 Å². The molecular weight excluding hydrogens is 1680 g/mol. The first-order valence-corrected chi connectivity index (χ1v) is 44.2. The number of nitrogen functional groups attached to an aromatic ring is 2. The molecule has 26 nitrogen and oxygen atoms in total. The number of hydrogen-bond donors (Lipinski definition) is 2. The standard InChI is InChI=1S/C35H39FN6O2.C30H34Cl2FN7O2.C30H35ClFN7O2/c1-7-30(43)40-18-24(6)41(19-23(40)5)34-26-15-17-39(28-13-9-12-25-11-8-10-22(4)31(25)28)20-29(26)42(35(44)38-34)33-27(36)14-16-37-32(33)21(2)3;1-6-23(41)37-11-12-39(18(5)14-37)29-19-8-10-38(28-24(33)20(31)13-21(32)25(28)34)15-22(19)40(30(42)36-29)27-17(4)7-9-35-26(27)16(2)3;1-6-24(40)36-13-14-38(19(5)15-36)29-20-10-12-37(28-22(32)8-7-21(31)25(28)33)16-23(20)39(30(41)35-29)27-18(4)9-11-34-26(27)17(2)3/h7-14,16,21,23-24H,1,15,17-20H2,2-6H3;6-7,9,13,16,18H,1,8,10-12,14-15,34H2,2-5H3;6-9,11,17,19H,1,10,12-16,33H2,2-5H3/t23-,24+;18-;19-/m100/s1. The molecule has 0 radical (unpaired) electrons. The molecular formula is C95H108Cl3F3N20O6. The summed E-state index contributed by atoms with van der Waals surface area (Å²) < 4.78 is 51.1. The topological polar surface area (TPSA) is 276 Å². The van der Waals surface area contributed by atoms with E-state index in [1.54, 1.807) is 36.2 Å². The van der Waals surface area contributed by atoms with Crippen LogP contribution in [0.15, 0.2) is 144 Å². The van der Waals surface area contributed by atoms with Crippen LogP contribution in [0.4, 0.5) is 59.1 Å². The Morgan fingerprint density at radius 2 is 0.866 bits per heavy atom. The number of fused-ring (bicyclic) bond motifs is 4. The summed E-state index contributed by atoms with van der Waals surface area (Å²) in [6, 6.07) is 21.3. The van der Waals surface area contributed by atoms with Crippen LogP contribution in [0.1, 0.15) is 155 Å². The number of benzene rings is 4. The average Bonchev–Trinajstić information content (AvgIpc) is 0.742. The summed E-state index contributed by atoms with van der Waals surface area (Å²) in [4.78, 5) is 125. The lowest BCUT2D eigenvalue weighted by atomic mass is 9.98. The molecule has 16 rings (SSSR count). The summed E-state index contributed by atoms with van der Waals surface area (Å²) in [6.45, 7) is 43.2. The summed E-state index contributed by atoms with van der Waals surface area (Å²) in [5.74, 6) is -0.237. The second-order valence-electron chi connectivity index (χ2n) is 34.4. The number of anilines is 8. The highest BCUT2D eigenvalue weighted by Crippen LogP contribution is 2.45. The highest BCUT2D eigenvalue weighted by molar-refractivity contribution is 6.37. The van der Waals surface area contributed by atoms with Gasteiger partial charge in [-0.2, -0.15) is 15.0 Å². The van der Waals surface area contributed by atoms with E-state index in [9.17, 15) is 28.8 Å². The molecule has 10 aromatic rings. The van der Waals surface area contributed by atoms with Crippen molar-refractivity contribution in [1.82, 2.24) is 58.3 Å². The molecule has 3 amide bonds. The monoisotopic (exact) mass is 1790 g/mol. The van der Waals surface area contributed by atoms with Crippen molar-refractivity contribution < 1.29 is 27.6 Å². The minimum absolute atomic E-state index is 0.0251. The van der Waals surface area contributed by atoms with Crippen LogP contribution in [0.2, 0.25) is 15.1 Å². The van der Waals surface area contributed by atoms with E-state index in [-0.39, 0.29) is 116 Å². The van der Waals surface area contributed by atoms with E-state index in [1.165, 1.54) is 64.2 Å². The van der Waals surface area contributed by atoms with Crippen molar-refractivity contribution in [2.75, 3.05) is 113 Å². The van der Waals surface area contributed by atoms with Gasteiger partial charge in [-0.15, -0.1) is 0 Å². The zero-order valence-electron chi connectivity index (χ0n) is 74.0. The Morgan fingerprint density at radius 3 is 1.35 bits per heavy atom. The zero-order valence-corrected chi connectivity index (χ0v) is 76.3. The van der Waals surface area contributed by atoms with Crippen molar-refractivity contribution in [3.63, 3.8) is 0 Å². The number of hydrogen-bond acceptors (Lipinski definition) is 20. The van der Waals surface area contributed by atoms with Crippen LogP contribution >= 0.6 is 34.8 Å². The maximum Gasteiger partial charge on any atom is 0.354 e. The zero-order chi connectivity index (χ0) is 91.3. The van der Waals surface area contributed by atoms with Crippen molar-refractivity contribution in [2.24, 2.45) is 0 Å². The predicted octanol–water partition coefficient (Wildman–Crippen LogP) is 14.6. The van der Waals surface area contributed by atoms with Crippen molar-refractivity contribution >= 4 is 109 Å². The van der Waals surface area contributed by atoms with Gasteiger partial charge in [0.25, 0.3) is 0 Å². The largest absolute Gasteiger partial charge is 0.396 e. The van der Waals surface area contributed by atoms with Gasteiger partial charge < -0.3 is 55.6 Å². The molecule has 4 atom stereocenters. The fourth-order valence-corrected chi connectivity index (χ4v) is 19.4. The second kappa shape index (κ2) is 37.5. The Hall–Kier alpha value is -12.1. The first-order chi connectivity index (χ1) is 60.6. The Labute approximate surface area is 752 Å². The van der Waals surface area contributed by atoms with Gasteiger partial charge in [-0.1, -0.05) is 126 Å². The third-order valence-corrected chi connectivity index (χ3v) is 26.1. The first-order valence-electron chi connectivity index (χ1n) is 43.0. The van der Waals surface area contributed by atoms with Crippen molar-refractivity contribution in [3.8, 4) is 17.1 Å². The number of aromatic nitrogens is 9. The molecule has 6 aromatic heterocycles. The number of carbonyl (C=O) groups is 3. The fourth-order valence-electron chi connectivity index (χ4n) is 18.8. The number of carbonyl (C=O) groups excluding carboxylic acids is 3. The molecule has 32 heteroatoms. The summed E-state index contributed by atoms with van der Waals surface area (Å²) in [7, 11) is 0. The summed E-state index contributed by atoms with van der Waals surface area (Å²) in [5, 5.41) is 2.61. The molecule has 6 aliphatic rings. The van der Waals surface area contributed by atoms with Gasteiger partial charge in [-0.25, -0.2) is 27.6 Å². The molecule has 6 aliphatic heterocycles. The Morgan fingerprint density at radius 1 is 0.449 bits per heavy atom. The van der Waals surface area contributed by atoms with Gasteiger partial charge in [0.1, 0.15) is 29.0 Å². The lowest BCUT2D eigenvalue weighted by Gasteiger charge is -2.45. The van der Waals surface area contributed by atoms with Gasteiger partial charge in [0.2, 0.25) is 17.7 Å². The van der Waals surface area contributed by atoms with Gasteiger partial charge >= 0.3 is 17.1 Å². The molecule has 127 heavy (non-hydrogen) atoms. The third-order valence-electron chi connectivity index (χ3n) is 25.1. The molecule has 0 aliphatic carbocycles. The van der Waals surface area contributed by atoms with E-state index in [2.05, 4.69) is 113 Å². The summed E-state index contributed by atoms with van der Waals surface area (Å²) >= 11 is 18.8. The van der Waals surface area contributed by atoms with Gasteiger partial charge in [0, 0.05) is 143 Å². The SMILES string of the molecule is C=CC(=O)N1CCN(c2nc(=O)n(-c3c(C)ccnc3C(C)C)c3c2CCN(c2c(F)ccc(Cl)c2N)C3)[C@@H](C)C1.C=CC(=O)N1CCN(c2nc(=O)n(-c3c(C)ccnc3C(C)C)c3c2CCN(c2c(N)c(Cl)cc(Cl)c2F)C3)[C@@H](C)C1.C=CC(=O)N1C[C@H](C)N(c2nc(=O)n(-c3c(F)ccnc3C(C)C)c3c2CCN(c2cccc4cccc(C)c24)C3)C[C@H]1C. The summed E-state index contributed by atoms with van der Waals surface area (Å²) in [5.41, 5.74) is 24.1. The van der Waals surface area contributed by atoms with Crippen LogP contribution in [0.3, 0.4) is 0 Å². The maximum absolute atomic E-state index is 15.8. The van der Waals surface area contributed by atoms with Crippen LogP contribution in [0.5, 0.6) is 0 Å². The maximum atomic E-state index is 15.8. The van der Waals surface area contributed by atoms with Crippen LogP contribution < -0.4 is 57.9 Å². The fraction of sp³-hybridized carbons (Fsp3) is 0.389. The smallest absolute Gasteiger partial charge is 0.354 e. The van der Waals surface area contributed by atoms with E-state index in [4.69, 9.17) is 46.3 Å². The van der Waals surface area contributed by atoms with Crippen LogP contribution in [-0.2, 0) is 53.3 Å². The van der Waals surface area contributed by atoms with Crippen LogP contribution in [-0.4, -0.2) is 172 Å². The van der Waals surface area contributed by atoms with E-state index in [0.717, 1.165) is 56.0 Å². The van der Waals surface area contributed by atoms with Gasteiger partial charge in [0.05, 0.1) is 103 Å². The van der Waals surface area contributed by atoms with Gasteiger partial charge in [0.15, 0.2) is 11.6 Å². The van der Waals surface area contributed by atoms with Crippen LogP contribution in [0.25, 0.3) is 27.8 Å². The Kier molecular flexibility index (Phi) is 26.9. The lowest BCUT2D eigenvalue weighted by molar-refractivity contribution is -0.129. The average molecular weight is 1790 g/mol. The van der Waals surface area contributed by atoms with Crippen molar-refractivity contribution in [3.05, 3.63) is 261 Å². The normalized spacial score (nSPS) is 17.6. The Bertz CT molecular complexity index is 6210. The molecule has 3 saturated heterocycles. The second-order valence-corrected chi connectivity index (χ2v) is 35.7. The number of rotatable bonds is 15. The third kappa shape index (κ3) is 17.5. The Balaban J connectivity index is 0.000000154. The quantitative estimate of drug-likeness (QED) is 0.0548. The highest BCUT2D eigenvalue weighted by atomic mass is 35.5. The molecule has 0 saturated carbocycles. The number of piperazine rings is 3. The van der Waals surface area contributed by atoms with Crippen molar-refractivity contribution in [2.45, 2.75) is 171 Å². The molecule has 0 bridgehead atoms. The van der Waals surface area contributed by atoms with Crippen LogP contribution in [0, 0.1) is 38.2 Å². The van der Waals surface area contributed by atoms with Gasteiger partial charge in [-0.05, 0) is 168 Å². The number of nitrogens with two attached hydrogens (primary N) is 2. The minimum Gasteiger partial charge on any atom is -0.396 e. The van der Waals surface area contributed by atoms with Crippen molar-refractivity contribution in [1.29, 1.82) is 0 Å². The molecule has 0 unspecified atom stereocenters. The number of amides is 3. The molecule has 4 aromatic carbocycles. The number of pyridine rings is 3. The van der Waals surface area contributed by atoms with E-state index < -0.39 is 34.5 Å². The van der Waals surface area contributed by atoms with E-state index >= 15 is 13.2 Å². The molecule has 12 heterocycles. The number of nitrogens with zero attached hydrogens (tertiary/aromatic N) is 18. The number of halogens is 6. The minimum atomic E-state index is -0.665. The molecule has 666 valence electrons. The predicted molar refractivity (Wildman–Crippen MR) is 500 cm³/mol.